The molecule has 126 valence electrons. The van der Waals surface area contributed by atoms with Gasteiger partial charge in [-0.05, 0) is 24.8 Å². The molecule has 0 radical (unpaired) electrons. The lowest BCUT2D eigenvalue weighted by molar-refractivity contribution is -0.222. The number of hydrogen-bond donors (Lipinski definition) is 2. The van der Waals surface area contributed by atoms with Crippen LogP contribution in [0.2, 0.25) is 0 Å². The molecule has 0 unspecified atom stereocenters. The average molecular weight is 330 g/mol. The second-order valence-electron chi connectivity index (χ2n) is 5.45. The molecule has 0 fully saturated rings. The van der Waals surface area contributed by atoms with Crippen molar-refractivity contribution >= 4 is 7.82 Å². The molecular weight excluding hydrogens is 303 g/mol. The molecule has 0 spiro atoms. The standard InChI is InChI=1S/C16H27O5P/c17-22(18,19)21-20-15-11-6-4-2-1-3-5-8-12-16-13-9-7-10-14-16/h7,9-10,13-14H,1-6,8,11-12,15H2,(H2,17,18,19). The molecule has 0 saturated heterocycles. The van der Waals surface area contributed by atoms with Crippen molar-refractivity contribution in [2.45, 2.75) is 57.8 Å². The Hall–Kier alpha value is -0.710. The fraction of sp³-hybridized carbons (Fsp3) is 0.625. The first-order valence-electron chi connectivity index (χ1n) is 7.98. The first-order chi connectivity index (χ1) is 10.6. The fourth-order valence-electron chi connectivity index (χ4n) is 2.30. The lowest BCUT2D eigenvalue weighted by atomic mass is 10.0. The Labute approximate surface area is 132 Å². The predicted molar refractivity (Wildman–Crippen MR) is 86.2 cm³/mol. The maximum atomic E-state index is 10.3. The zero-order valence-corrected chi connectivity index (χ0v) is 13.9. The van der Waals surface area contributed by atoms with Crippen molar-refractivity contribution in [1.29, 1.82) is 0 Å². The third-order valence-electron chi connectivity index (χ3n) is 3.44. The summed E-state index contributed by atoms with van der Waals surface area (Å²) in [7, 11) is -4.49. The first-order valence-corrected chi connectivity index (χ1v) is 9.52. The van der Waals surface area contributed by atoms with E-state index in [0.29, 0.717) is 0 Å². The van der Waals surface area contributed by atoms with Crippen molar-refractivity contribution in [3.05, 3.63) is 35.9 Å². The van der Waals surface area contributed by atoms with Crippen LogP contribution in [0.1, 0.15) is 56.9 Å². The SMILES string of the molecule is O=P(O)(O)OOCCCCCCCCCCc1ccccc1. The van der Waals surface area contributed by atoms with E-state index in [2.05, 4.69) is 33.8 Å². The van der Waals surface area contributed by atoms with Crippen LogP contribution in [0, 0.1) is 0 Å². The number of benzene rings is 1. The highest BCUT2D eigenvalue weighted by atomic mass is 31.2. The summed E-state index contributed by atoms with van der Waals surface area (Å²) >= 11 is 0. The van der Waals surface area contributed by atoms with E-state index in [0.717, 1.165) is 25.7 Å². The van der Waals surface area contributed by atoms with Gasteiger partial charge in [0.2, 0.25) is 0 Å². The van der Waals surface area contributed by atoms with Gasteiger partial charge in [0, 0.05) is 0 Å². The van der Waals surface area contributed by atoms with Crippen molar-refractivity contribution in [2.75, 3.05) is 6.61 Å². The van der Waals surface area contributed by atoms with Crippen LogP contribution in [0.5, 0.6) is 0 Å². The largest absolute Gasteiger partial charge is 0.496 e. The van der Waals surface area contributed by atoms with Crippen molar-refractivity contribution in [3.63, 3.8) is 0 Å². The molecule has 0 aliphatic carbocycles. The Kier molecular flexibility index (Phi) is 10.4. The van der Waals surface area contributed by atoms with Crippen LogP contribution in [0.15, 0.2) is 30.3 Å². The minimum Gasteiger partial charge on any atom is -0.301 e. The van der Waals surface area contributed by atoms with Crippen molar-refractivity contribution in [2.24, 2.45) is 0 Å². The summed E-state index contributed by atoms with van der Waals surface area (Å²) < 4.78 is 14.2. The Morgan fingerprint density at radius 1 is 0.818 bits per heavy atom. The molecule has 0 saturated carbocycles. The second-order valence-corrected chi connectivity index (χ2v) is 6.58. The summed E-state index contributed by atoms with van der Waals surface area (Å²) in [6, 6.07) is 10.6. The molecule has 0 aromatic heterocycles. The molecule has 1 rings (SSSR count). The summed E-state index contributed by atoms with van der Waals surface area (Å²) in [5.74, 6) is 0. The average Bonchev–Trinajstić information content (AvgIpc) is 2.48. The summed E-state index contributed by atoms with van der Waals surface area (Å²) in [5.41, 5.74) is 1.42. The molecule has 0 amide bonds. The van der Waals surface area contributed by atoms with Gasteiger partial charge in [-0.3, -0.25) is 0 Å². The lowest BCUT2D eigenvalue weighted by Crippen LogP contribution is -1.95. The Bertz CT molecular complexity index is 418. The third-order valence-corrected chi connectivity index (χ3v) is 3.74. The van der Waals surface area contributed by atoms with Gasteiger partial charge in [-0.2, -0.15) is 0 Å². The van der Waals surface area contributed by atoms with E-state index < -0.39 is 7.82 Å². The monoisotopic (exact) mass is 330 g/mol. The second kappa shape index (κ2) is 11.8. The Balaban J connectivity index is 1.79. The summed E-state index contributed by atoms with van der Waals surface area (Å²) in [6.45, 7) is 0.224. The molecule has 1 aromatic rings. The van der Waals surface area contributed by atoms with E-state index >= 15 is 0 Å². The topological polar surface area (TPSA) is 76.0 Å². The fourth-order valence-corrected chi connectivity index (χ4v) is 2.51. The first kappa shape index (κ1) is 19.3. The molecule has 22 heavy (non-hydrogen) atoms. The predicted octanol–water partition coefficient (Wildman–Crippen LogP) is 4.39. The Morgan fingerprint density at radius 3 is 1.95 bits per heavy atom. The molecular formula is C16H27O5P. The normalized spacial score (nSPS) is 11.7. The van der Waals surface area contributed by atoms with Crippen molar-refractivity contribution in [3.8, 4) is 0 Å². The number of unbranched alkanes of at least 4 members (excludes halogenated alkanes) is 7. The summed E-state index contributed by atoms with van der Waals surface area (Å²) in [5, 5.41) is 0. The van der Waals surface area contributed by atoms with E-state index in [1.54, 1.807) is 0 Å². The van der Waals surface area contributed by atoms with Crippen molar-refractivity contribution < 1.29 is 23.9 Å². The van der Waals surface area contributed by atoms with Crippen LogP contribution in [0.4, 0.5) is 0 Å². The number of aryl methyl sites for hydroxylation is 1. The van der Waals surface area contributed by atoms with Gasteiger partial charge in [0.15, 0.2) is 0 Å². The third kappa shape index (κ3) is 11.9. The lowest BCUT2D eigenvalue weighted by Gasteiger charge is -2.05. The zero-order valence-electron chi connectivity index (χ0n) is 13.0. The van der Waals surface area contributed by atoms with E-state index in [9.17, 15) is 4.57 Å². The van der Waals surface area contributed by atoms with Gasteiger partial charge in [-0.15, -0.1) is 4.67 Å². The van der Waals surface area contributed by atoms with Crippen LogP contribution >= 0.6 is 7.82 Å². The molecule has 0 bridgehead atoms. The summed E-state index contributed by atoms with van der Waals surface area (Å²) in [6.07, 6.45) is 10.3. The Morgan fingerprint density at radius 2 is 1.36 bits per heavy atom. The van der Waals surface area contributed by atoms with Gasteiger partial charge in [0.05, 0.1) is 6.61 Å². The minimum absolute atomic E-state index is 0.224. The highest BCUT2D eigenvalue weighted by molar-refractivity contribution is 7.46. The number of hydrogen-bond acceptors (Lipinski definition) is 3. The maximum absolute atomic E-state index is 10.3. The van der Waals surface area contributed by atoms with E-state index in [-0.39, 0.29) is 6.61 Å². The molecule has 0 atom stereocenters. The number of phosphoric acid groups is 1. The van der Waals surface area contributed by atoms with Crippen LogP contribution in [-0.4, -0.2) is 16.4 Å². The highest BCUT2D eigenvalue weighted by Crippen LogP contribution is 2.35. The van der Waals surface area contributed by atoms with Gasteiger partial charge >= 0.3 is 7.82 Å². The summed E-state index contributed by atoms with van der Waals surface area (Å²) in [4.78, 5) is 21.2. The van der Waals surface area contributed by atoms with Crippen LogP contribution < -0.4 is 0 Å². The molecule has 1 aromatic carbocycles. The van der Waals surface area contributed by atoms with E-state index in [1.165, 1.54) is 37.7 Å². The quantitative estimate of drug-likeness (QED) is 0.243. The van der Waals surface area contributed by atoms with Gasteiger partial charge in [0.25, 0.3) is 0 Å². The highest BCUT2D eigenvalue weighted by Gasteiger charge is 2.14. The molecule has 6 heteroatoms. The maximum Gasteiger partial charge on any atom is 0.496 e. The van der Waals surface area contributed by atoms with Crippen LogP contribution in [0.3, 0.4) is 0 Å². The molecule has 0 aliphatic heterocycles. The van der Waals surface area contributed by atoms with Gasteiger partial charge < -0.3 is 9.79 Å². The van der Waals surface area contributed by atoms with Crippen molar-refractivity contribution in [1.82, 2.24) is 0 Å². The zero-order chi connectivity index (χ0) is 16.1. The molecule has 5 nitrogen and oxygen atoms in total. The van der Waals surface area contributed by atoms with Gasteiger partial charge in [-0.1, -0.05) is 68.9 Å². The minimum atomic E-state index is -4.49. The van der Waals surface area contributed by atoms with E-state index in [1.807, 2.05) is 6.07 Å². The molecule has 0 heterocycles. The van der Waals surface area contributed by atoms with Crippen LogP contribution in [0.25, 0.3) is 0 Å². The number of rotatable bonds is 13. The van der Waals surface area contributed by atoms with E-state index in [4.69, 9.17) is 9.79 Å². The smallest absolute Gasteiger partial charge is 0.301 e. The van der Waals surface area contributed by atoms with Gasteiger partial charge in [0.1, 0.15) is 0 Å². The molecule has 0 aliphatic rings. The molecule has 2 N–H and O–H groups in total. The van der Waals surface area contributed by atoms with Gasteiger partial charge in [-0.25, -0.2) is 9.45 Å². The van der Waals surface area contributed by atoms with Crippen LogP contribution in [-0.2, 0) is 20.5 Å².